The van der Waals surface area contributed by atoms with Gasteiger partial charge in [0.2, 0.25) is 0 Å². The number of nitrogen functional groups attached to an aromatic ring is 1. The van der Waals surface area contributed by atoms with Gasteiger partial charge in [0.05, 0.1) is 29.7 Å². The Hall–Kier alpha value is -4.12. The van der Waals surface area contributed by atoms with Crippen LogP contribution in [-0.4, -0.2) is 24.5 Å². The van der Waals surface area contributed by atoms with Crippen molar-refractivity contribution in [3.05, 3.63) is 65.1 Å². The van der Waals surface area contributed by atoms with E-state index in [-0.39, 0.29) is 6.10 Å². The number of aromatic nitrogens is 5. The molecular formula is C23H21N7O. The van der Waals surface area contributed by atoms with E-state index in [0.717, 1.165) is 33.5 Å². The Bertz CT molecular complexity index is 1360. The van der Waals surface area contributed by atoms with Gasteiger partial charge in [-0.1, -0.05) is 23.8 Å². The van der Waals surface area contributed by atoms with Gasteiger partial charge in [0, 0.05) is 41.7 Å². The molecule has 4 aromatic rings. The van der Waals surface area contributed by atoms with Crippen molar-refractivity contribution in [1.29, 1.82) is 5.26 Å². The second kappa shape index (κ2) is 6.99. The lowest BCUT2D eigenvalue weighted by Crippen LogP contribution is -2.11. The first-order chi connectivity index (χ1) is 14.9. The van der Waals surface area contributed by atoms with Crippen LogP contribution >= 0.6 is 0 Å². The summed E-state index contributed by atoms with van der Waals surface area (Å²) in [4.78, 5) is 4.32. The van der Waals surface area contributed by atoms with Crippen molar-refractivity contribution < 1.29 is 4.74 Å². The van der Waals surface area contributed by atoms with Gasteiger partial charge in [0.15, 0.2) is 11.6 Å². The molecule has 0 spiro atoms. The molecule has 1 unspecified atom stereocenters. The van der Waals surface area contributed by atoms with Crippen molar-refractivity contribution in [2.45, 2.75) is 26.5 Å². The maximum absolute atomic E-state index is 9.66. The number of hydrogen-bond donors (Lipinski definition) is 1. The zero-order valence-electron chi connectivity index (χ0n) is 17.5. The average molecular weight is 411 g/mol. The number of nitriles is 1. The molecule has 0 saturated carbocycles. The summed E-state index contributed by atoms with van der Waals surface area (Å²) in [5, 5.41) is 18.9. The lowest BCUT2D eigenvalue weighted by atomic mass is 9.96. The number of nitrogens with two attached hydrogens (primary N) is 1. The third-order valence-corrected chi connectivity index (χ3v) is 5.54. The first kappa shape index (κ1) is 18.9. The molecular weight excluding hydrogens is 390 g/mol. The molecule has 0 fully saturated rings. The SMILES string of the molecule is Cc1ccc2c(c1)C(C)Oc1cc(cnc1N)-c1c(C#N)cnn1Cc1cn(C)nc1-2. The number of pyridine rings is 1. The van der Waals surface area contributed by atoms with Crippen molar-refractivity contribution in [3.63, 3.8) is 0 Å². The maximum Gasteiger partial charge on any atom is 0.166 e. The number of rotatable bonds is 0. The molecule has 0 amide bonds. The van der Waals surface area contributed by atoms with E-state index in [1.165, 1.54) is 0 Å². The normalized spacial score (nSPS) is 14.8. The fourth-order valence-corrected chi connectivity index (χ4v) is 4.10. The van der Waals surface area contributed by atoms with Gasteiger partial charge in [-0.2, -0.15) is 15.5 Å². The van der Waals surface area contributed by atoms with Crippen molar-refractivity contribution in [2.75, 3.05) is 5.73 Å². The molecule has 0 saturated heterocycles. The van der Waals surface area contributed by atoms with Crippen molar-refractivity contribution in [2.24, 2.45) is 7.05 Å². The predicted octanol–water partition coefficient (Wildman–Crippen LogP) is 3.61. The summed E-state index contributed by atoms with van der Waals surface area (Å²) >= 11 is 0. The van der Waals surface area contributed by atoms with E-state index in [4.69, 9.17) is 15.6 Å². The average Bonchev–Trinajstić information content (AvgIpc) is 3.32. The summed E-state index contributed by atoms with van der Waals surface area (Å²) in [6.07, 6.45) is 4.92. The number of aryl methyl sites for hydroxylation is 2. The number of benzene rings is 1. The van der Waals surface area contributed by atoms with E-state index in [1.807, 2.05) is 26.2 Å². The highest BCUT2D eigenvalue weighted by Gasteiger charge is 2.23. The number of ether oxygens (including phenoxy) is 1. The van der Waals surface area contributed by atoms with E-state index in [1.54, 1.807) is 21.8 Å². The minimum Gasteiger partial charge on any atom is -0.482 e. The number of fused-ring (bicyclic) bond motifs is 7. The first-order valence-electron chi connectivity index (χ1n) is 9.96. The summed E-state index contributed by atoms with van der Waals surface area (Å²) in [6.45, 7) is 4.50. The van der Waals surface area contributed by atoms with Crippen LogP contribution in [-0.2, 0) is 13.6 Å². The smallest absolute Gasteiger partial charge is 0.166 e. The molecule has 1 aliphatic heterocycles. The zero-order chi connectivity index (χ0) is 21.7. The van der Waals surface area contributed by atoms with Crippen LogP contribution in [0, 0.1) is 18.3 Å². The third-order valence-electron chi connectivity index (χ3n) is 5.54. The molecule has 1 aromatic carbocycles. The van der Waals surface area contributed by atoms with Crippen LogP contribution in [0.4, 0.5) is 5.82 Å². The molecule has 1 atom stereocenters. The van der Waals surface area contributed by atoms with Crippen molar-refractivity contribution >= 4 is 5.82 Å². The van der Waals surface area contributed by atoms with Gasteiger partial charge in [-0.25, -0.2) is 4.98 Å². The number of anilines is 1. The van der Waals surface area contributed by atoms with Gasteiger partial charge in [0.25, 0.3) is 0 Å². The molecule has 0 aliphatic carbocycles. The highest BCUT2D eigenvalue weighted by Crippen LogP contribution is 2.37. The van der Waals surface area contributed by atoms with Crippen LogP contribution in [0.2, 0.25) is 0 Å². The van der Waals surface area contributed by atoms with E-state index in [9.17, 15) is 5.26 Å². The second-order valence-corrected chi connectivity index (χ2v) is 7.81. The quantitative estimate of drug-likeness (QED) is 0.474. The first-order valence-corrected chi connectivity index (χ1v) is 9.96. The second-order valence-electron chi connectivity index (χ2n) is 7.81. The minimum atomic E-state index is -0.288. The number of hydrogen-bond acceptors (Lipinski definition) is 6. The Morgan fingerprint density at radius 1 is 1.26 bits per heavy atom. The standard InChI is InChI=1S/C23H21N7O/c1-13-4-5-18-19(6-13)14(2)31-20-7-15(9-26-23(20)25)22-16(8-24)10-27-30(22)12-17-11-29(3)28-21(17)18/h4-7,9-11,14H,12H2,1-3H3,(H2,25,26). The Balaban J connectivity index is 1.82. The summed E-state index contributed by atoms with van der Waals surface area (Å²) in [5.74, 6) is 0.765. The summed E-state index contributed by atoms with van der Waals surface area (Å²) in [7, 11) is 1.90. The lowest BCUT2D eigenvalue weighted by molar-refractivity contribution is 0.228. The predicted molar refractivity (Wildman–Crippen MR) is 116 cm³/mol. The zero-order valence-corrected chi connectivity index (χ0v) is 17.5. The molecule has 5 rings (SSSR count). The molecule has 8 nitrogen and oxygen atoms in total. The van der Waals surface area contributed by atoms with Crippen LogP contribution in [0.1, 0.15) is 35.3 Å². The molecule has 31 heavy (non-hydrogen) atoms. The fraction of sp³-hybridized carbons (Fsp3) is 0.217. The van der Waals surface area contributed by atoms with E-state index < -0.39 is 0 Å². The highest BCUT2D eigenvalue weighted by atomic mass is 16.5. The van der Waals surface area contributed by atoms with Crippen LogP contribution in [0.25, 0.3) is 22.5 Å². The Morgan fingerprint density at radius 3 is 2.90 bits per heavy atom. The van der Waals surface area contributed by atoms with Crippen LogP contribution in [0.5, 0.6) is 5.75 Å². The van der Waals surface area contributed by atoms with Crippen molar-refractivity contribution in [1.82, 2.24) is 24.5 Å². The van der Waals surface area contributed by atoms with E-state index in [0.29, 0.717) is 29.4 Å². The van der Waals surface area contributed by atoms with E-state index >= 15 is 0 Å². The number of nitrogens with zero attached hydrogens (tertiary/aromatic N) is 6. The summed E-state index contributed by atoms with van der Waals surface area (Å²) < 4.78 is 9.89. The van der Waals surface area contributed by atoms with Crippen LogP contribution < -0.4 is 10.5 Å². The molecule has 3 aromatic heterocycles. The lowest BCUT2D eigenvalue weighted by Gasteiger charge is -2.21. The maximum atomic E-state index is 9.66. The molecule has 154 valence electrons. The van der Waals surface area contributed by atoms with Gasteiger partial charge in [-0.05, 0) is 19.9 Å². The largest absolute Gasteiger partial charge is 0.482 e. The Morgan fingerprint density at radius 2 is 2.10 bits per heavy atom. The van der Waals surface area contributed by atoms with Gasteiger partial charge in [-0.15, -0.1) is 0 Å². The van der Waals surface area contributed by atoms with Gasteiger partial charge < -0.3 is 10.5 Å². The van der Waals surface area contributed by atoms with Crippen LogP contribution in [0.15, 0.2) is 42.9 Å². The third kappa shape index (κ3) is 3.11. The Kier molecular flexibility index (Phi) is 4.26. The minimum absolute atomic E-state index is 0.288. The molecule has 2 N–H and O–H groups in total. The fourth-order valence-electron chi connectivity index (χ4n) is 4.10. The molecule has 1 aliphatic rings. The highest BCUT2D eigenvalue weighted by molar-refractivity contribution is 5.71. The summed E-state index contributed by atoms with van der Waals surface area (Å²) in [5.41, 5.74) is 13.0. The summed E-state index contributed by atoms with van der Waals surface area (Å²) in [6, 6.07) is 10.3. The van der Waals surface area contributed by atoms with Crippen molar-refractivity contribution in [3.8, 4) is 34.3 Å². The Labute approximate surface area is 179 Å². The molecule has 2 bridgehead atoms. The monoisotopic (exact) mass is 411 g/mol. The van der Waals surface area contributed by atoms with E-state index in [2.05, 4.69) is 41.3 Å². The van der Waals surface area contributed by atoms with Gasteiger partial charge in [0.1, 0.15) is 12.2 Å². The molecule has 0 radical (unpaired) electrons. The van der Waals surface area contributed by atoms with Gasteiger partial charge >= 0.3 is 0 Å². The molecule has 8 heteroatoms. The molecule has 4 heterocycles. The van der Waals surface area contributed by atoms with Gasteiger partial charge in [-0.3, -0.25) is 9.36 Å². The van der Waals surface area contributed by atoms with Crippen LogP contribution in [0.3, 0.4) is 0 Å². The topological polar surface area (TPSA) is 108 Å².